The first-order chi connectivity index (χ1) is 8.61. The van der Waals surface area contributed by atoms with Crippen LogP contribution in [0.3, 0.4) is 0 Å². The van der Waals surface area contributed by atoms with Crippen LogP contribution >= 0.6 is 0 Å². The summed E-state index contributed by atoms with van der Waals surface area (Å²) in [6.07, 6.45) is 1.26. The van der Waals surface area contributed by atoms with Crippen LogP contribution in [-0.2, 0) is 17.8 Å². The minimum atomic E-state index is -0.241. The number of pyridine rings is 1. The Morgan fingerprint density at radius 3 is 2.72 bits per heavy atom. The summed E-state index contributed by atoms with van der Waals surface area (Å²) in [7, 11) is 1.52. The Hall–Kier alpha value is -1.91. The fourth-order valence-corrected chi connectivity index (χ4v) is 1.97. The van der Waals surface area contributed by atoms with E-state index in [1.54, 1.807) is 4.90 Å². The van der Waals surface area contributed by atoms with Gasteiger partial charge in [-0.15, -0.1) is 0 Å². The van der Waals surface area contributed by atoms with E-state index in [1.807, 2.05) is 25.1 Å². The van der Waals surface area contributed by atoms with Crippen molar-refractivity contribution in [2.75, 3.05) is 13.6 Å². The number of hydrogen-bond donors (Lipinski definition) is 0. The molecule has 0 unspecified atom stereocenters. The SMILES string of the molecule is CCc1cccc(CN2CCC(=O)N(C)C2=O)n1. The van der Waals surface area contributed by atoms with Crippen molar-refractivity contribution >= 4 is 11.9 Å². The molecular formula is C13H17N3O2. The second kappa shape index (κ2) is 5.16. The molecule has 1 aliphatic rings. The van der Waals surface area contributed by atoms with Gasteiger partial charge >= 0.3 is 6.03 Å². The Labute approximate surface area is 106 Å². The van der Waals surface area contributed by atoms with Crippen LogP contribution in [0.5, 0.6) is 0 Å². The van der Waals surface area contributed by atoms with E-state index in [0.29, 0.717) is 19.5 Å². The lowest BCUT2D eigenvalue weighted by atomic mass is 10.2. The third-order valence-electron chi connectivity index (χ3n) is 3.11. The molecule has 96 valence electrons. The minimum absolute atomic E-state index is 0.119. The first-order valence-corrected chi connectivity index (χ1v) is 6.12. The van der Waals surface area contributed by atoms with Gasteiger partial charge in [0.15, 0.2) is 0 Å². The van der Waals surface area contributed by atoms with Gasteiger partial charge in [0.05, 0.1) is 12.2 Å². The number of hydrogen-bond acceptors (Lipinski definition) is 3. The predicted molar refractivity (Wildman–Crippen MR) is 66.8 cm³/mol. The monoisotopic (exact) mass is 247 g/mol. The van der Waals surface area contributed by atoms with Gasteiger partial charge in [-0.3, -0.25) is 14.7 Å². The lowest BCUT2D eigenvalue weighted by Crippen LogP contribution is -2.49. The van der Waals surface area contributed by atoms with Crippen LogP contribution in [0.15, 0.2) is 18.2 Å². The molecule has 1 fully saturated rings. The van der Waals surface area contributed by atoms with Gasteiger partial charge in [0, 0.05) is 25.7 Å². The summed E-state index contributed by atoms with van der Waals surface area (Å²) in [5.74, 6) is -0.119. The number of imide groups is 1. The highest BCUT2D eigenvalue weighted by atomic mass is 16.2. The molecule has 0 N–H and O–H groups in total. The van der Waals surface area contributed by atoms with Crippen molar-refractivity contribution in [2.45, 2.75) is 26.3 Å². The normalized spacial score (nSPS) is 16.3. The van der Waals surface area contributed by atoms with Gasteiger partial charge in [0.2, 0.25) is 5.91 Å². The number of rotatable bonds is 3. The summed E-state index contributed by atoms with van der Waals surface area (Å²) in [4.78, 5) is 30.6. The third-order valence-corrected chi connectivity index (χ3v) is 3.11. The van der Waals surface area contributed by atoms with E-state index in [9.17, 15) is 9.59 Å². The van der Waals surface area contributed by atoms with Gasteiger partial charge in [-0.05, 0) is 18.6 Å². The molecule has 0 aliphatic carbocycles. The maximum Gasteiger partial charge on any atom is 0.326 e. The van der Waals surface area contributed by atoms with Crippen LogP contribution in [0, 0.1) is 0 Å². The van der Waals surface area contributed by atoms with E-state index in [0.717, 1.165) is 17.8 Å². The molecule has 0 aromatic carbocycles. The Morgan fingerprint density at radius 1 is 1.28 bits per heavy atom. The number of urea groups is 1. The second-order valence-electron chi connectivity index (χ2n) is 4.38. The molecule has 0 bridgehead atoms. The van der Waals surface area contributed by atoms with E-state index in [4.69, 9.17) is 0 Å². The maximum absolute atomic E-state index is 11.9. The number of aryl methyl sites for hydroxylation is 1. The zero-order valence-electron chi connectivity index (χ0n) is 10.7. The molecule has 1 saturated heterocycles. The van der Waals surface area contributed by atoms with Gasteiger partial charge in [0.1, 0.15) is 0 Å². The average molecular weight is 247 g/mol. The van der Waals surface area contributed by atoms with E-state index >= 15 is 0 Å². The highest BCUT2D eigenvalue weighted by Gasteiger charge is 2.28. The van der Waals surface area contributed by atoms with E-state index in [1.165, 1.54) is 11.9 Å². The number of amides is 3. The Kier molecular flexibility index (Phi) is 3.60. The first kappa shape index (κ1) is 12.5. The summed E-state index contributed by atoms with van der Waals surface area (Å²) in [6.45, 7) is 2.98. The molecule has 2 rings (SSSR count). The standard InChI is InChI=1S/C13H17N3O2/c1-3-10-5-4-6-11(14-10)9-16-8-7-12(17)15(2)13(16)18/h4-6H,3,7-9H2,1-2H3. The molecule has 18 heavy (non-hydrogen) atoms. The number of carbonyl (C=O) groups is 2. The summed E-state index contributed by atoms with van der Waals surface area (Å²) in [6, 6.07) is 5.58. The van der Waals surface area contributed by atoms with Crippen molar-refractivity contribution in [2.24, 2.45) is 0 Å². The van der Waals surface area contributed by atoms with E-state index in [2.05, 4.69) is 4.98 Å². The van der Waals surface area contributed by atoms with Crippen LogP contribution in [0.25, 0.3) is 0 Å². The molecule has 5 heteroatoms. The average Bonchev–Trinajstić information content (AvgIpc) is 2.40. The van der Waals surface area contributed by atoms with Crippen LogP contribution in [-0.4, -0.2) is 40.3 Å². The zero-order valence-corrected chi connectivity index (χ0v) is 10.7. The number of aromatic nitrogens is 1. The molecule has 1 aliphatic heterocycles. The largest absolute Gasteiger partial charge is 0.326 e. The fraction of sp³-hybridized carbons (Fsp3) is 0.462. The quantitative estimate of drug-likeness (QED) is 0.812. The van der Waals surface area contributed by atoms with Gasteiger partial charge in [-0.25, -0.2) is 4.79 Å². The minimum Gasteiger partial charge on any atom is -0.318 e. The molecule has 5 nitrogen and oxygen atoms in total. The molecule has 1 aromatic rings. The lowest BCUT2D eigenvalue weighted by molar-refractivity contribution is -0.129. The molecule has 0 atom stereocenters. The summed E-state index contributed by atoms with van der Waals surface area (Å²) in [5.41, 5.74) is 1.88. The van der Waals surface area contributed by atoms with Crippen molar-refractivity contribution in [3.63, 3.8) is 0 Å². The molecule has 2 heterocycles. The number of carbonyl (C=O) groups excluding carboxylic acids is 2. The lowest BCUT2D eigenvalue weighted by Gasteiger charge is -2.31. The Bertz CT molecular complexity index is 473. The molecule has 1 aromatic heterocycles. The van der Waals surface area contributed by atoms with Crippen LogP contribution < -0.4 is 0 Å². The van der Waals surface area contributed by atoms with E-state index in [-0.39, 0.29) is 11.9 Å². The van der Waals surface area contributed by atoms with E-state index < -0.39 is 0 Å². The smallest absolute Gasteiger partial charge is 0.318 e. The Balaban J connectivity index is 2.09. The number of nitrogens with zero attached hydrogens (tertiary/aromatic N) is 3. The van der Waals surface area contributed by atoms with Crippen LogP contribution in [0.4, 0.5) is 4.79 Å². The zero-order chi connectivity index (χ0) is 13.1. The van der Waals surface area contributed by atoms with Crippen LogP contribution in [0.2, 0.25) is 0 Å². The van der Waals surface area contributed by atoms with Crippen LogP contribution in [0.1, 0.15) is 24.7 Å². The third kappa shape index (κ3) is 2.50. The molecule has 0 spiro atoms. The highest BCUT2D eigenvalue weighted by Crippen LogP contribution is 2.12. The topological polar surface area (TPSA) is 53.5 Å². The first-order valence-electron chi connectivity index (χ1n) is 6.12. The van der Waals surface area contributed by atoms with Gasteiger partial charge in [0.25, 0.3) is 0 Å². The van der Waals surface area contributed by atoms with Crippen molar-refractivity contribution in [1.82, 2.24) is 14.8 Å². The van der Waals surface area contributed by atoms with Crippen molar-refractivity contribution in [3.05, 3.63) is 29.6 Å². The summed E-state index contributed by atoms with van der Waals surface area (Å²) >= 11 is 0. The van der Waals surface area contributed by atoms with Crippen molar-refractivity contribution in [1.29, 1.82) is 0 Å². The van der Waals surface area contributed by atoms with Gasteiger partial charge in [-0.2, -0.15) is 0 Å². The molecule has 3 amide bonds. The van der Waals surface area contributed by atoms with Crippen molar-refractivity contribution in [3.8, 4) is 0 Å². The summed E-state index contributed by atoms with van der Waals surface area (Å²) < 4.78 is 0. The second-order valence-corrected chi connectivity index (χ2v) is 4.38. The van der Waals surface area contributed by atoms with Gasteiger partial charge < -0.3 is 4.90 Å². The maximum atomic E-state index is 11.9. The highest BCUT2D eigenvalue weighted by molar-refractivity contribution is 5.96. The van der Waals surface area contributed by atoms with Gasteiger partial charge in [-0.1, -0.05) is 13.0 Å². The molecule has 0 saturated carbocycles. The predicted octanol–water partition coefficient (Wildman–Crippen LogP) is 1.43. The summed E-state index contributed by atoms with van der Waals surface area (Å²) in [5, 5.41) is 0. The Morgan fingerprint density at radius 2 is 2.00 bits per heavy atom. The molecule has 0 radical (unpaired) electrons. The molecular weight excluding hydrogens is 230 g/mol. The van der Waals surface area contributed by atoms with Crippen molar-refractivity contribution < 1.29 is 9.59 Å². The fourth-order valence-electron chi connectivity index (χ4n) is 1.97.